The molecule has 228 valence electrons. The molecule has 0 aromatic heterocycles. The van der Waals surface area contributed by atoms with Crippen LogP contribution in [-0.4, -0.2) is 41.6 Å². The molecule has 2 N–H and O–H groups in total. The van der Waals surface area contributed by atoms with Crippen LogP contribution in [-0.2, 0) is 15.4 Å². The van der Waals surface area contributed by atoms with Gasteiger partial charge in [-0.2, -0.15) is 43.9 Å². The molecule has 0 aliphatic carbocycles. The lowest BCUT2D eigenvalue weighted by atomic mass is 10.1. The molecule has 0 aliphatic heterocycles. The second kappa shape index (κ2) is 11.2. The summed E-state index contributed by atoms with van der Waals surface area (Å²) in [7, 11) is 0. The second-order valence-electron chi connectivity index (χ2n) is 8.16. The average molecular weight is 634 g/mol. The van der Waals surface area contributed by atoms with Crippen LogP contribution >= 0.6 is 12.2 Å². The van der Waals surface area contributed by atoms with Crippen LogP contribution < -0.4 is 10.6 Å². The highest BCUT2D eigenvalue weighted by molar-refractivity contribution is 7.80. The summed E-state index contributed by atoms with van der Waals surface area (Å²) < 4.78 is 177. The van der Waals surface area contributed by atoms with Gasteiger partial charge in [0.05, 0.1) is 0 Å². The van der Waals surface area contributed by atoms with E-state index in [1.807, 2.05) is 0 Å². The zero-order valence-electron chi connectivity index (χ0n) is 20.1. The summed E-state index contributed by atoms with van der Waals surface area (Å²) in [6, 6.07) is 6.41. The van der Waals surface area contributed by atoms with Crippen LogP contribution in [0.5, 0.6) is 0 Å². The third-order valence-electron chi connectivity index (χ3n) is 4.93. The number of benzene rings is 2. The van der Waals surface area contributed by atoms with Crippen LogP contribution in [0.4, 0.5) is 62.8 Å². The first kappa shape index (κ1) is 34.0. The molecule has 0 saturated heterocycles. The lowest BCUT2D eigenvalue weighted by Crippen LogP contribution is -2.61. The zero-order valence-corrected chi connectivity index (χ0v) is 20.9. The first-order valence-electron chi connectivity index (χ1n) is 10.5. The van der Waals surface area contributed by atoms with Crippen molar-refractivity contribution in [2.45, 2.75) is 50.4 Å². The van der Waals surface area contributed by atoms with Crippen molar-refractivity contribution < 1.29 is 71.3 Å². The van der Waals surface area contributed by atoms with E-state index in [2.05, 4.69) is 15.4 Å². The molecule has 0 bridgehead atoms. The van der Waals surface area contributed by atoms with E-state index < -0.39 is 58.8 Å². The molecule has 0 aliphatic rings. The minimum absolute atomic E-state index is 0.116. The maximum Gasteiger partial charge on any atom is 0.527 e. The van der Waals surface area contributed by atoms with Crippen molar-refractivity contribution in [3.63, 3.8) is 0 Å². The van der Waals surface area contributed by atoms with Gasteiger partial charge in [0.25, 0.3) is 5.91 Å². The van der Waals surface area contributed by atoms with Gasteiger partial charge >= 0.3 is 36.5 Å². The van der Waals surface area contributed by atoms with Crippen LogP contribution in [0.2, 0.25) is 0 Å². The molecular weight excluding hydrogens is 619 g/mol. The molecule has 0 unspecified atom stereocenters. The van der Waals surface area contributed by atoms with Gasteiger partial charge < -0.3 is 5.32 Å². The molecule has 0 spiro atoms. The van der Waals surface area contributed by atoms with E-state index in [0.717, 1.165) is 11.6 Å². The predicted molar refractivity (Wildman–Crippen MR) is 118 cm³/mol. The van der Waals surface area contributed by atoms with E-state index in [-0.39, 0.29) is 17.7 Å². The third kappa shape index (κ3) is 7.56. The molecule has 1 amide bonds. The van der Waals surface area contributed by atoms with Gasteiger partial charge in [0, 0.05) is 16.8 Å². The van der Waals surface area contributed by atoms with Gasteiger partial charge in [0.1, 0.15) is 0 Å². The van der Waals surface area contributed by atoms with Crippen molar-refractivity contribution in [1.82, 2.24) is 5.32 Å². The van der Waals surface area contributed by atoms with Crippen molar-refractivity contribution in [2.75, 3.05) is 5.32 Å². The summed E-state index contributed by atoms with van der Waals surface area (Å²) in [4.78, 5) is 12.4. The van der Waals surface area contributed by atoms with Crippen molar-refractivity contribution in [1.29, 1.82) is 0 Å². The van der Waals surface area contributed by atoms with E-state index in [4.69, 9.17) is 12.2 Å². The van der Waals surface area contributed by atoms with Crippen molar-refractivity contribution in [3.8, 4) is 0 Å². The Hall–Kier alpha value is -3.19. The Labute approximate surface area is 226 Å². The number of anilines is 1. The molecule has 0 fully saturated rings. The van der Waals surface area contributed by atoms with E-state index in [1.54, 1.807) is 30.7 Å². The van der Waals surface area contributed by atoms with Gasteiger partial charge in [0.15, 0.2) is 5.11 Å². The fourth-order valence-corrected chi connectivity index (χ4v) is 3.24. The van der Waals surface area contributed by atoms with Crippen LogP contribution in [0.1, 0.15) is 27.0 Å². The quantitative estimate of drug-likeness (QED) is 0.221. The number of nitrogens with one attached hydrogen (secondary N) is 2. The number of thiocarbonyl (C=S) groups is 1. The number of aryl methyl sites for hydroxylation is 2. The third-order valence-corrected chi connectivity index (χ3v) is 5.14. The maximum atomic E-state index is 14.5. The molecule has 2 aromatic rings. The van der Waals surface area contributed by atoms with E-state index >= 15 is 0 Å². The first-order valence-corrected chi connectivity index (χ1v) is 10.9. The van der Waals surface area contributed by atoms with Crippen molar-refractivity contribution >= 4 is 28.9 Å². The Kier molecular flexibility index (Phi) is 9.32. The number of ether oxygens (including phenoxy) is 2. The minimum atomic E-state index is -7.53. The minimum Gasteiger partial charge on any atom is -0.332 e. The first-order chi connectivity index (χ1) is 18.3. The molecule has 0 heterocycles. The van der Waals surface area contributed by atoms with Crippen LogP contribution in [0.3, 0.4) is 0 Å². The molecule has 2 rings (SSSR count). The number of amides is 1. The molecule has 0 radical (unpaired) electrons. The molecular formula is C22H15F13N2O3S. The van der Waals surface area contributed by atoms with Gasteiger partial charge in [0.2, 0.25) is 0 Å². The number of carbonyl (C=O) groups is 1. The number of carbonyl (C=O) groups excluding carboxylic acids is 1. The summed E-state index contributed by atoms with van der Waals surface area (Å²) in [5.41, 5.74) is -1.07. The molecule has 19 heteroatoms. The SMILES string of the molecule is Cc1ccc(C(=O)NC(=S)Nc2cccc(C(F)(F)C(F)(F)OC(F)(F)C(F)(F)C(F)(F)OC(F)(F)F)c2)c(C)c1. The fourth-order valence-electron chi connectivity index (χ4n) is 3.03. The lowest BCUT2D eigenvalue weighted by molar-refractivity contribution is -0.535. The fraction of sp³-hybridized carbons (Fsp3) is 0.364. The number of rotatable bonds is 9. The normalized spacial score (nSPS) is 13.6. The molecule has 41 heavy (non-hydrogen) atoms. The number of hydrogen-bond donors (Lipinski definition) is 2. The molecule has 2 aromatic carbocycles. The van der Waals surface area contributed by atoms with E-state index in [0.29, 0.717) is 11.6 Å². The Morgan fingerprint density at radius 3 is 1.85 bits per heavy atom. The van der Waals surface area contributed by atoms with Gasteiger partial charge in [-0.1, -0.05) is 29.8 Å². The van der Waals surface area contributed by atoms with Gasteiger partial charge in [-0.25, -0.2) is 9.47 Å². The average Bonchev–Trinajstić information content (AvgIpc) is 2.76. The van der Waals surface area contributed by atoms with Crippen LogP contribution in [0.25, 0.3) is 0 Å². The van der Waals surface area contributed by atoms with Gasteiger partial charge in [-0.3, -0.25) is 10.1 Å². The standard InChI is InChI=1S/C22H15F13N2O3S/c1-10-6-7-14(11(2)8-10)15(38)37-16(41)36-13-5-3-4-12(9-13)17(23,24)19(27,28)39-20(29,30)18(25,26)21(31,32)40-22(33,34)35/h3-9H,1-2H3,(H2,36,37,38,41). The Bertz CT molecular complexity index is 1300. The Morgan fingerprint density at radius 1 is 0.756 bits per heavy atom. The summed E-state index contributed by atoms with van der Waals surface area (Å²) >= 11 is 4.83. The molecule has 5 nitrogen and oxygen atoms in total. The summed E-state index contributed by atoms with van der Waals surface area (Å²) in [6.07, 6.45) is -28.0. The van der Waals surface area contributed by atoms with Gasteiger partial charge in [-0.05, 0) is 49.8 Å². The summed E-state index contributed by atoms with van der Waals surface area (Å²) in [5, 5.41) is 3.72. The van der Waals surface area contributed by atoms with Crippen LogP contribution in [0, 0.1) is 13.8 Å². The predicted octanol–water partition coefficient (Wildman–Crippen LogP) is 7.49. The van der Waals surface area contributed by atoms with Crippen molar-refractivity contribution in [3.05, 3.63) is 64.7 Å². The largest absolute Gasteiger partial charge is 0.527 e. The molecule has 0 saturated carbocycles. The topological polar surface area (TPSA) is 59.6 Å². The monoisotopic (exact) mass is 634 g/mol. The highest BCUT2D eigenvalue weighted by atomic mass is 32.1. The Balaban J connectivity index is 2.26. The zero-order chi connectivity index (χ0) is 31.8. The second-order valence-corrected chi connectivity index (χ2v) is 8.56. The molecule has 0 atom stereocenters. The highest BCUT2D eigenvalue weighted by Gasteiger charge is 2.80. The number of halogens is 13. The van der Waals surface area contributed by atoms with E-state index in [9.17, 15) is 61.9 Å². The maximum absolute atomic E-state index is 14.5. The number of alkyl halides is 13. The van der Waals surface area contributed by atoms with E-state index in [1.165, 1.54) is 6.07 Å². The van der Waals surface area contributed by atoms with Crippen molar-refractivity contribution in [2.24, 2.45) is 0 Å². The van der Waals surface area contributed by atoms with Gasteiger partial charge in [-0.15, -0.1) is 13.2 Å². The smallest absolute Gasteiger partial charge is 0.332 e. The summed E-state index contributed by atoms with van der Waals surface area (Å²) in [6.45, 7) is 3.32. The summed E-state index contributed by atoms with van der Waals surface area (Å²) in [5.74, 6) is -14.3. The van der Waals surface area contributed by atoms with Crippen LogP contribution in [0.15, 0.2) is 42.5 Å². The highest BCUT2D eigenvalue weighted by Crippen LogP contribution is 2.54. The number of hydrogen-bond acceptors (Lipinski definition) is 4. The lowest BCUT2D eigenvalue weighted by Gasteiger charge is -2.35. The Morgan fingerprint density at radius 2 is 1.32 bits per heavy atom.